The van der Waals surface area contributed by atoms with Gasteiger partial charge < -0.3 is 14.2 Å². The van der Waals surface area contributed by atoms with E-state index in [1.54, 1.807) is 13.2 Å². The lowest BCUT2D eigenvalue weighted by atomic mass is 10.1. The van der Waals surface area contributed by atoms with E-state index < -0.39 is 6.10 Å². The molecule has 2 aromatic carbocycles. The molecule has 0 heterocycles. The van der Waals surface area contributed by atoms with Crippen molar-refractivity contribution in [1.29, 1.82) is 0 Å². The van der Waals surface area contributed by atoms with Crippen LogP contribution in [0.3, 0.4) is 0 Å². The molecule has 4 heteroatoms. The van der Waals surface area contributed by atoms with Crippen LogP contribution in [0, 0.1) is 0 Å². The Bertz CT molecular complexity index is 697. The number of para-hydroxylation sites is 2. The van der Waals surface area contributed by atoms with Gasteiger partial charge in [0.1, 0.15) is 5.75 Å². The van der Waals surface area contributed by atoms with E-state index in [-0.39, 0.29) is 5.97 Å². The van der Waals surface area contributed by atoms with Crippen molar-refractivity contribution < 1.29 is 19.0 Å². The first-order valence-electron chi connectivity index (χ1n) is 9.78. The number of hydrogen-bond acceptors (Lipinski definition) is 4. The summed E-state index contributed by atoms with van der Waals surface area (Å²) in [5, 5.41) is 0. The number of hydrogen-bond donors (Lipinski definition) is 0. The fraction of sp³-hybridized carbons (Fsp3) is 0.435. The predicted octanol–water partition coefficient (Wildman–Crippen LogP) is 5.58. The molecule has 0 aliphatic heterocycles. The second-order valence-corrected chi connectivity index (χ2v) is 6.49. The Labute approximate surface area is 162 Å². The third kappa shape index (κ3) is 6.31. The maximum Gasteiger partial charge on any atom is 0.352 e. The maximum atomic E-state index is 12.8. The van der Waals surface area contributed by atoms with Crippen LogP contribution in [0.4, 0.5) is 0 Å². The van der Waals surface area contributed by atoms with Crippen molar-refractivity contribution in [3.05, 3.63) is 54.1 Å². The van der Waals surface area contributed by atoms with Crippen LogP contribution >= 0.6 is 0 Å². The highest BCUT2D eigenvalue weighted by molar-refractivity contribution is 5.78. The maximum absolute atomic E-state index is 12.8. The zero-order chi connectivity index (χ0) is 19.5. The Morgan fingerprint density at radius 1 is 0.963 bits per heavy atom. The van der Waals surface area contributed by atoms with Crippen molar-refractivity contribution in [2.24, 2.45) is 0 Å². The molecular formula is C23H30O4. The molecule has 2 rings (SSSR count). The second kappa shape index (κ2) is 11.3. The molecule has 0 radical (unpaired) electrons. The highest BCUT2D eigenvalue weighted by Gasteiger charge is 2.24. The molecule has 4 nitrogen and oxygen atoms in total. The third-order valence-corrected chi connectivity index (χ3v) is 4.46. The number of rotatable bonds is 11. The van der Waals surface area contributed by atoms with Crippen molar-refractivity contribution in [1.82, 2.24) is 0 Å². The van der Waals surface area contributed by atoms with Crippen LogP contribution in [0.2, 0.25) is 0 Å². The fourth-order valence-corrected chi connectivity index (χ4v) is 2.97. The number of esters is 1. The van der Waals surface area contributed by atoms with Gasteiger partial charge in [0.15, 0.2) is 17.6 Å². The van der Waals surface area contributed by atoms with Gasteiger partial charge in [-0.05, 0) is 43.0 Å². The van der Waals surface area contributed by atoms with Gasteiger partial charge >= 0.3 is 5.97 Å². The lowest BCUT2D eigenvalue weighted by molar-refractivity contribution is -0.142. The Balaban J connectivity index is 2.12. The molecule has 0 saturated carbocycles. The first kappa shape index (κ1) is 20.8. The molecule has 0 N–H and O–H groups in total. The summed E-state index contributed by atoms with van der Waals surface area (Å²) in [6, 6.07) is 15.0. The number of aryl methyl sites for hydroxylation is 1. The Hall–Kier alpha value is -2.49. The van der Waals surface area contributed by atoms with Crippen LogP contribution in [0.25, 0.3) is 0 Å². The van der Waals surface area contributed by atoms with Gasteiger partial charge in [-0.25, -0.2) is 4.79 Å². The number of carbonyl (C=O) groups excluding carboxylic acids is 1. The molecule has 1 unspecified atom stereocenters. The van der Waals surface area contributed by atoms with Crippen molar-refractivity contribution in [2.45, 2.75) is 58.5 Å². The molecule has 0 fully saturated rings. The van der Waals surface area contributed by atoms with Crippen molar-refractivity contribution in [3.63, 3.8) is 0 Å². The summed E-state index contributed by atoms with van der Waals surface area (Å²) in [5.41, 5.74) is 1.01. The summed E-state index contributed by atoms with van der Waals surface area (Å²) in [7, 11) is 1.59. The van der Waals surface area contributed by atoms with Crippen molar-refractivity contribution >= 4 is 5.97 Å². The van der Waals surface area contributed by atoms with E-state index in [0.717, 1.165) is 37.7 Å². The van der Waals surface area contributed by atoms with Gasteiger partial charge in [0.25, 0.3) is 0 Å². The molecule has 27 heavy (non-hydrogen) atoms. The first-order chi connectivity index (χ1) is 13.2. The van der Waals surface area contributed by atoms with E-state index in [1.807, 2.05) is 49.4 Å². The number of ether oxygens (including phenoxy) is 3. The molecule has 146 valence electrons. The Morgan fingerprint density at radius 2 is 1.74 bits per heavy atom. The van der Waals surface area contributed by atoms with Gasteiger partial charge in [-0.2, -0.15) is 0 Å². The molecule has 1 atom stereocenters. The number of benzene rings is 2. The van der Waals surface area contributed by atoms with Gasteiger partial charge in [-0.1, -0.05) is 63.4 Å². The standard InChI is InChI=1S/C23H30O4/c1-4-6-7-11-16-21(26-19-14-9-8-10-15-19)23(24)27-20-17-12-13-18(5-2)22(20)25-3/h8-10,12-15,17,21H,4-7,11,16H2,1-3H3. The average Bonchev–Trinajstić information content (AvgIpc) is 2.70. The van der Waals surface area contributed by atoms with Gasteiger partial charge in [-0.15, -0.1) is 0 Å². The monoisotopic (exact) mass is 370 g/mol. The van der Waals surface area contributed by atoms with E-state index in [9.17, 15) is 4.79 Å². The molecule has 0 aliphatic carbocycles. The smallest absolute Gasteiger partial charge is 0.352 e. The minimum Gasteiger partial charge on any atom is -0.493 e. The first-order valence-corrected chi connectivity index (χ1v) is 9.78. The SMILES string of the molecule is CCCCCCC(Oc1ccccc1)C(=O)Oc1cccc(CC)c1OC. The minimum atomic E-state index is -0.640. The highest BCUT2D eigenvalue weighted by atomic mass is 16.6. The Morgan fingerprint density at radius 3 is 2.41 bits per heavy atom. The summed E-state index contributed by atoms with van der Waals surface area (Å²) in [4.78, 5) is 12.8. The summed E-state index contributed by atoms with van der Waals surface area (Å²) in [6.45, 7) is 4.21. The molecule has 0 amide bonds. The van der Waals surface area contributed by atoms with Crippen LogP contribution in [0.15, 0.2) is 48.5 Å². The summed E-state index contributed by atoms with van der Waals surface area (Å²) >= 11 is 0. The topological polar surface area (TPSA) is 44.8 Å². The van der Waals surface area contributed by atoms with E-state index in [1.165, 1.54) is 0 Å². The van der Waals surface area contributed by atoms with Crippen LogP contribution in [-0.4, -0.2) is 19.2 Å². The number of carbonyl (C=O) groups is 1. The van der Waals surface area contributed by atoms with Crippen LogP contribution in [-0.2, 0) is 11.2 Å². The summed E-state index contributed by atoms with van der Waals surface area (Å²) in [5.74, 6) is 1.33. The second-order valence-electron chi connectivity index (χ2n) is 6.49. The zero-order valence-corrected chi connectivity index (χ0v) is 16.6. The molecular weight excluding hydrogens is 340 g/mol. The lowest BCUT2D eigenvalue weighted by Gasteiger charge is -2.19. The van der Waals surface area contributed by atoms with Gasteiger partial charge in [0.2, 0.25) is 0 Å². The van der Waals surface area contributed by atoms with Gasteiger partial charge in [0.05, 0.1) is 7.11 Å². The molecule has 2 aromatic rings. The van der Waals surface area contributed by atoms with E-state index in [4.69, 9.17) is 14.2 Å². The number of methoxy groups -OCH3 is 1. The van der Waals surface area contributed by atoms with Crippen molar-refractivity contribution in [3.8, 4) is 17.2 Å². The fourth-order valence-electron chi connectivity index (χ4n) is 2.97. The van der Waals surface area contributed by atoms with Crippen LogP contribution < -0.4 is 14.2 Å². The molecule has 0 spiro atoms. The molecule has 0 aromatic heterocycles. The number of unbranched alkanes of at least 4 members (excludes halogenated alkanes) is 3. The predicted molar refractivity (Wildman–Crippen MR) is 108 cm³/mol. The van der Waals surface area contributed by atoms with Gasteiger partial charge in [0, 0.05) is 0 Å². The quantitative estimate of drug-likeness (QED) is 0.294. The largest absolute Gasteiger partial charge is 0.493 e. The Kier molecular flexibility index (Phi) is 8.69. The minimum absolute atomic E-state index is 0.387. The molecule has 0 aliphatic rings. The van der Waals surface area contributed by atoms with E-state index in [0.29, 0.717) is 23.7 Å². The summed E-state index contributed by atoms with van der Waals surface area (Å²) in [6.07, 6.45) is 5.09. The van der Waals surface area contributed by atoms with Crippen LogP contribution in [0.1, 0.15) is 51.5 Å². The van der Waals surface area contributed by atoms with Gasteiger partial charge in [-0.3, -0.25) is 0 Å². The van der Waals surface area contributed by atoms with Crippen LogP contribution in [0.5, 0.6) is 17.2 Å². The van der Waals surface area contributed by atoms with E-state index in [2.05, 4.69) is 6.92 Å². The third-order valence-electron chi connectivity index (χ3n) is 4.46. The van der Waals surface area contributed by atoms with Crippen molar-refractivity contribution in [2.75, 3.05) is 7.11 Å². The normalized spacial score (nSPS) is 11.7. The zero-order valence-electron chi connectivity index (χ0n) is 16.6. The van der Waals surface area contributed by atoms with E-state index >= 15 is 0 Å². The lowest BCUT2D eigenvalue weighted by Crippen LogP contribution is -2.31. The highest BCUT2D eigenvalue weighted by Crippen LogP contribution is 2.32. The molecule has 0 saturated heterocycles. The average molecular weight is 370 g/mol. The molecule has 0 bridgehead atoms. The summed E-state index contributed by atoms with van der Waals surface area (Å²) < 4.78 is 17.1.